The maximum atomic E-state index is 5.83. The second kappa shape index (κ2) is 4.03. The highest BCUT2D eigenvalue weighted by Gasteiger charge is 2.22. The first-order valence-corrected chi connectivity index (χ1v) is 6.32. The Hall–Kier alpha value is -1.13. The van der Waals surface area contributed by atoms with Crippen LogP contribution in [0.5, 0.6) is 0 Å². The van der Waals surface area contributed by atoms with Crippen LogP contribution in [0.2, 0.25) is 5.02 Å². The van der Waals surface area contributed by atoms with E-state index in [1.54, 1.807) is 0 Å². The molecule has 1 aliphatic carbocycles. The van der Waals surface area contributed by atoms with Crippen molar-refractivity contribution in [3.05, 3.63) is 29.3 Å². The zero-order chi connectivity index (χ0) is 11.0. The minimum Gasteiger partial charge on any atom is -0.358 e. The molecule has 0 aliphatic heterocycles. The molecule has 0 radical (unpaired) electrons. The molecule has 5 heteroatoms. The van der Waals surface area contributed by atoms with Crippen molar-refractivity contribution >= 4 is 28.3 Å². The van der Waals surface area contributed by atoms with Crippen LogP contribution in [0.1, 0.15) is 12.8 Å². The maximum Gasteiger partial charge on any atom is 0.203 e. The Bertz CT molecular complexity index is 490. The van der Waals surface area contributed by atoms with Crippen LogP contribution in [0, 0.1) is 0 Å². The van der Waals surface area contributed by atoms with Crippen LogP contribution in [0.4, 0.5) is 5.13 Å². The first-order chi connectivity index (χ1) is 7.81. The number of halogens is 1. The van der Waals surface area contributed by atoms with Gasteiger partial charge in [-0.25, -0.2) is 0 Å². The number of rotatable bonds is 3. The normalized spacial score (nSPS) is 15.1. The summed E-state index contributed by atoms with van der Waals surface area (Å²) in [7, 11) is 0. The molecule has 1 aromatic heterocycles. The Morgan fingerprint density at radius 3 is 2.69 bits per heavy atom. The first kappa shape index (κ1) is 10.1. The third kappa shape index (κ3) is 2.18. The Balaban J connectivity index is 1.82. The molecule has 0 bridgehead atoms. The van der Waals surface area contributed by atoms with Crippen molar-refractivity contribution in [3.63, 3.8) is 0 Å². The van der Waals surface area contributed by atoms with Crippen LogP contribution in [-0.4, -0.2) is 15.4 Å². The van der Waals surface area contributed by atoms with Gasteiger partial charge in [0.05, 0.1) is 0 Å². The zero-order valence-electron chi connectivity index (χ0n) is 8.48. The van der Waals surface area contributed by atoms with E-state index in [0.29, 0.717) is 6.04 Å². The van der Waals surface area contributed by atoms with Crippen molar-refractivity contribution in [1.29, 1.82) is 0 Å². The third-order valence-corrected chi connectivity index (χ3v) is 3.33. The van der Waals surface area contributed by atoms with E-state index >= 15 is 0 Å². The van der Waals surface area contributed by atoms with Crippen LogP contribution in [0.15, 0.2) is 24.3 Å². The SMILES string of the molecule is Clc1ccc(-c2nsc(NC3CC3)n2)cc1. The molecule has 1 aromatic carbocycles. The molecule has 3 nitrogen and oxygen atoms in total. The first-order valence-electron chi connectivity index (χ1n) is 5.17. The number of nitrogens with one attached hydrogen (secondary N) is 1. The lowest BCUT2D eigenvalue weighted by atomic mass is 10.2. The summed E-state index contributed by atoms with van der Waals surface area (Å²) >= 11 is 7.24. The molecule has 1 N–H and O–H groups in total. The van der Waals surface area contributed by atoms with Gasteiger partial charge in [-0.05, 0) is 37.1 Å². The van der Waals surface area contributed by atoms with Gasteiger partial charge >= 0.3 is 0 Å². The van der Waals surface area contributed by atoms with Crippen LogP contribution in [0.3, 0.4) is 0 Å². The van der Waals surface area contributed by atoms with Crippen molar-refractivity contribution in [2.45, 2.75) is 18.9 Å². The second-order valence-electron chi connectivity index (χ2n) is 3.85. The zero-order valence-corrected chi connectivity index (χ0v) is 10.1. The molecule has 1 aliphatic rings. The fraction of sp³-hybridized carbons (Fsp3) is 0.273. The van der Waals surface area contributed by atoms with E-state index in [1.807, 2.05) is 24.3 Å². The van der Waals surface area contributed by atoms with Crippen LogP contribution in [-0.2, 0) is 0 Å². The summed E-state index contributed by atoms with van der Waals surface area (Å²) in [5.41, 5.74) is 1.00. The minimum atomic E-state index is 0.617. The predicted molar refractivity (Wildman–Crippen MR) is 67.0 cm³/mol. The fourth-order valence-corrected chi connectivity index (χ4v) is 2.19. The largest absolute Gasteiger partial charge is 0.358 e. The molecule has 1 heterocycles. The highest BCUT2D eigenvalue weighted by atomic mass is 35.5. The molecule has 0 saturated heterocycles. The van der Waals surface area contributed by atoms with Gasteiger partial charge in [-0.15, -0.1) is 0 Å². The van der Waals surface area contributed by atoms with Gasteiger partial charge in [0.1, 0.15) is 0 Å². The van der Waals surface area contributed by atoms with Gasteiger partial charge in [-0.3, -0.25) is 0 Å². The standard InChI is InChI=1S/C11H10ClN3S/c12-8-3-1-7(2-4-8)10-14-11(16-15-10)13-9-5-6-9/h1-4,9H,5-6H2,(H,13,14,15). The average Bonchev–Trinajstić information content (AvgIpc) is 2.97. The summed E-state index contributed by atoms with van der Waals surface area (Å²) in [6.45, 7) is 0. The van der Waals surface area contributed by atoms with E-state index in [0.717, 1.165) is 21.5 Å². The summed E-state index contributed by atoms with van der Waals surface area (Å²) < 4.78 is 4.32. The van der Waals surface area contributed by atoms with Crippen LogP contribution >= 0.6 is 23.1 Å². The van der Waals surface area contributed by atoms with Crippen molar-refractivity contribution in [2.75, 3.05) is 5.32 Å². The van der Waals surface area contributed by atoms with E-state index in [-0.39, 0.29) is 0 Å². The van der Waals surface area contributed by atoms with Gasteiger partial charge < -0.3 is 5.32 Å². The smallest absolute Gasteiger partial charge is 0.203 e. The lowest BCUT2D eigenvalue weighted by Gasteiger charge is -1.96. The monoisotopic (exact) mass is 251 g/mol. The molecule has 3 rings (SSSR count). The Morgan fingerprint density at radius 2 is 2.00 bits per heavy atom. The molecule has 0 unspecified atom stereocenters. The van der Waals surface area contributed by atoms with Gasteiger partial charge in [0.15, 0.2) is 5.82 Å². The molecule has 2 aromatic rings. The lowest BCUT2D eigenvalue weighted by molar-refractivity contribution is 1.14. The molecule has 16 heavy (non-hydrogen) atoms. The quantitative estimate of drug-likeness (QED) is 0.908. The lowest BCUT2D eigenvalue weighted by Crippen LogP contribution is -1.99. The summed E-state index contributed by atoms with van der Waals surface area (Å²) in [6, 6.07) is 8.19. The molecule has 82 valence electrons. The molecular formula is C11H10ClN3S. The van der Waals surface area contributed by atoms with Crippen molar-refractivity contribution < 1.29 is 0 Å². The molecular weight excluding hydrogens is 242 g/mol. The van der Waals surface area contributed by atoms with Gasteiger partial charge in [-0.2, -0.15) is 9.36 Å². The van der Waals surface area contributed by atoms with Gasteiger partial charge in [-0.1, -0.05) is 11.6 Å². The second-order valence-corrected chi connectivity index (χ2v) is 5.04. The molecule has 1 saturated carbocycles. The number of anilines is 1. The third-order valence-electron chi connectivity index (χ3n) is 2.43. The topological polar surface area (TPSA) is 37.8 Å². The Morgan fingerprint density at radius 1 is 1.25 bits per heavy atom. The van der Waals surface area contributed by atoms with E-state index in [9.17, 15) is 0 Å². The summed E-state index contributed by atoms with van der Waals surface area (Å²) in [6.07, 6.45) is 2.49. The van der Waals surface area contributed by atoms with Crippen molar-refractivity contribution in [3.8, 4) is 11.4 Å². The highest BCUT2D eigenvalue weighted by molar-refractivity contribution is 7.09. The van der Waals surface area contributed by atoms with Crippen molar-refractivity contribution in [1.82, 2.24) is 9.36 Å². The minimum absolute atomic E-state index is 0.617. The summed E-state index contributed by atoms with van der Waals surface area (Å²) in [5.74, 6) is 0.768. The number of benzene rings is 1. The van der Waals surface area contributed by atoms with Gasteiger partial charge in [0, 0.05) is 28.2 Å². The fourth-order valence-electron chi connectivity index (χ4n) is 1.40. The number of aromatic nitrogens is 2. The van der Waals surface area contributed by atoms with E-state index in [1.165, 1.54) is 24.4 Å². The maximum absolute atomic E-state index is 5.83. The Kier molecular flexibility index (Phi) is 2.53. The molecule has 0 amide bonds. The molecule has 0 spiro atoms. The van der Waals surface area contributed by atoms with Crippen LogP contribution < -0.4 is 5.32 Å². The van der Waals surface area contributed by atoms with E-state index < -0.39 is 0 Å². The summed E-state index contributed by atoms with van der Waals surface area (Å²) in [5, 5.41) is 4.98. The van der Waals surface area contributed by atoms with Crippen molar-refractivity contribution in [2.24, 2.45) is 0 Å². The predicted octanol–water partition coefficient (Wildman–Crippen LogP) is 3.43. The average molecular weight is 252 g/mol. The summed E-state index contributed by atoms with van der Waals surface area (Å²) in [4.78, 5) is 4.44. The van der Waals surface area contributed by atoms with Gasteiger partial charge in [0.2, 0.25) is 5.13 Å². The highest BCUT2D eigenvalue weighted by Crippen LogP contribution is 2.28. The Labute approximate surface area is 103 Å². The van der Waals surface area contributed by atoms with Crippen LogP contribution in [0.25, 0.3) is 11.4 Å². The van der Waals surface area contributed by atoms with Gasteiger partial charge in [0.25, 0.3) is 0 Å². The molecule has 1 fully saturated rings. The number of hydrogen-bond acceptors (Lipinski definition) is 4. The number of nitrogens with zero attached hydrogens (tertiary/aromatic N) is 2. The molecule has 0 atom stereocenters. The van der Waals surface area contributed by atoms with E-state index in [4.69, 9.17) is 11.6 Å². The van der Waals surface area contributed by atoms with E-state index in [2.05, 4.69) is 14.7 Å². The number of hydrogen-bond donors (Lipinski definition) is 1.